The van der Waals surface area contributed by atoms with Gasteiger partial charge in [-0.05, 0) is 102 Å². The third kappa shape index (κ3) is 18.0. The minimum Gasteiger partial charge on any atom is -0.497 e. The van der Waals surface area contributed by atoms with Gasteiger partial charge in [0, 0.05) is 11.6 Å². The summed E-state index contributed by atoms with van der Waals surface area (Å²) in [5, 5.41) is 12.2. The second-order valence-corrected chi connectivity index (χ2v) is 16.0. The smallest absolute Gasteiger partial charge is 0.308 e. The van der Waals surface area contributed by atoms with E-state index in [-0.39, 0.29) is 34.8 Å². The molecule has 3 rings (SSSR count). The number of ether oxygens (including phenoxy) is 2. The van der Waals surface area contributed by atoms with Crippen LogP contribution >= 0.6 is 0 Å². The summed E-state index contributed by atoms with van der Waals surface area (Å²) in [7, 11) is -1.30. The van der Waals surface area contributed by atoms with Gasteiger partial charge < -0.3 is 9.47 Å². The normalized spacial score (nSPS) is 13.5. The van der Waals surface area contributed by atoms with E-state index in [0.717, 1.165) is 30.1 Å². The maximum atomic E-state index is 11.1. The molecule has 0 spiro atoms. The van der Waals surface area contributed by atoms with Crippen molar-refractivity contribution in [1.82, 2.24) is 24.9 Å². The number of sulfonamides is 1. The largest absolute Gasteiger partial charge is 0.497 e. The Morgan fingerprint density at radius 3 is 1.70 bits per heavy atom. The molecule has 0 unspecified atom stereocenters. The van der Waals surface area contributed by atoms with E-state index < -0.39 is 10.0 Å². The Morgan fingerprint density at radius 2 is 1.42 bits per heavy atom. The van der Waals surface area contributed by atoms with Gasteiger partial charge in [0.25, 0.3) is 0 Å². The molecule has 1 fully saturated rings. The number of hydrogen-bond acceptors (Lipinski definition) is 8. The van der Waals surface area contributed by atoms with E-state index >= 15 is 0 Å². The van der Waals surface area contributed by atoms with E-state index in [2.05, 4.69) is 54.8 Å². The predicted octanol–water partition coefficient (Wildman–Crippen LogP) is 7.08. The summed E-state index contributed by atoms with van der Waals surface area (Å²) < 4.78 is 34.9. The quantitative estimate of drug-likeness (QED) is 0.324. The molecule has 1 aromatic heterocycles. The fourth-order valence-corrected chi connectivity index (χ4v) is 4.13. The number of nitrogens with zero attached hydrogens (tertiary/aromatic N) is 4. The molecule has 1 saturated carbocycles. The second-order valence-electron chi connectivity index (χ2n) is 14.0. The zero-order valence-electron chi connectivity index (χ0n) is 29.3. The number of nitrogens with one attached hydrogen (secondary N) is 1. The van der Waals surface area contributed by atoms with Crippen LogP contribution in [-0.2, 0) is 19.6 Å². The Bertz CT molecular complexity index is 1170. The van der Waals surface area contributed by atoms with Crippen LogP contribution in [0, 0.1) is 17.3 Å². The van der Waals surface area contributed by atoms with Crippen LogP contribution in [-0.4, -0.2) is 58.6 Å². The first-order valence-electron chi connectivity index (χ1n) is 15.2. The minimum atomic E-state index is -2.94. The van der Waals surface area contributed by atoms with Crippen molar-refractivity contribution in [3.63, 3.8) is 0 Å². The summed E-state index contributed by atoms with van der Waals surface area (Å²) in [6.45, 7) is 28.2. The molecule has 0 saturated heterocycles. The van der Waals surface area contributed by atoms with Gasteiger partial charge in [0.1, 0.15) is 11.4 Å². The van der Waals surface area contributed by atoms with E-state index in [9.17, 15) is 13.2 Å². The lowest BCUT2D eigenvalue weighted by Gasteiger charge is -2.22. The zero-order chi connectivity index (χ0) is 33.8. The van der Waals surface area contributed by atoms with Gasteiger partial charge in [-0.1, -0.05) is 48.5 Å². The van der Waals surface area contributed by atoms with Crippen LogP contribution in [0.15, 0.2) is 24.3 Å². The van der Waals surface area contributed by atoms with Crippen molar-refractivity contribution in [2.75, 3.05) is 7.11 Å². The maximum Gasteiger partial charge on any atom is 0.308 e. The molecule has 1 aromatic carbocycles. The maximum absolute atomic E-state index is 11.1. The molecular formula is C32H59N5O5S. The number of esters is 1. The van der Waals surface area contributed by atoms with Gasteiger partial charge in [0.05, 0.1) is 24.3 Å². The summed E-state index contributed by atoms with van der Waals surface area (Å²) in [6, 6.07) is 7.85. The highest BCUT2D eigenvalue weighted by molar-refractivity contribution is 7.90. The van der Waals surface area contributed by atoms with Gasteiger partial charge in [-0.15, -0.1) is 10.2 Å². The van der Waals surface area contributed by atoms with Crippen molar-refractivity contribution < 1.29 is 22.7 Å². The van der Waals surface area contributed by atoms with Crippen LogP contribution in [0.1, 0.15) is 116 Å². The van der Waals surface area contributed by atoms with Crippen LogP contribution < -0.4 is 9.46 Å². The number of tetrazole rings is 1. The molecule has 248 valence electrons. The lowest BCUT2D eigenvalue weighted by atomic mass is 9.84. The van der Waals surface area contributed by atoms with E-state index in [0.29, 0.717) is 11.2 Å². The Kier molecular flexibility index (Phi) is 16.6. The Balaban J connectivity index is 0.000000576. The van der Waals surface area contributed by atoms with Crippen LogP contribution in [0.25, 0.3) is 11.4 Å². The van der Waals surface area contributed by atoms with E-state index in [1.165, 1.54) is 0 Å². The van der Waals surface area contributed by atoms with Crippen molar-refractivity contribution in [3.05, 3.63) is 24.3 Å². The molecule has 1 N–H and O–H groups in total. The molecule has 11 heteroatoms. The standard InChI is InChI=1S/C11H14N4O.C8H16O2.C7H16.C6H13NO2S/c1-8(2)15-13-11(12-14-15)9-4-6-10(16-3)7-5-9;1-6(2)7(9)10-8(3,4)5;1-6(2)7(3,4)5;1-5(2)7-10(8,9)6-3-4-6/h4-8H,1-3H3;6H,1-5H3;6H,1-5H3;5-7H,3-4H2,1-2H3. The van der Waals surface area contributed by atoms with Gasteiger partial charge in [0.15, 0.2) is 0 Å². The lowest BCUT2D eigenvalue weighted by molar-refractivity contribution is -0.158. The van der Waals surface area contributed by atoms with E-state index in [4.69, 9.17) is 9.47 Å². The van der Waals surface area contributed by atoms with Gasteiger partial charge in [-0.25, -0.2) is 13.1 Å². The molecule has 1 aliphatic rings. The molecule has 2 aromatic rings. The van der Waals surface area contributed by atoms with Crippen molar-refractivity contribution >= 4 is 16.0 Å². The number of carbonyl (C=O) groups is 1. The lowest BCUT2D eigenvalue weighted by Crippen LogP contribution is -2.32. The van der Waals surface area contributed by atoms with E-state index in [1.807, 2.05) is 86.6 Å². The van der Waals surface area contributed by atoms with Crippen LogP contribution in [0.3, 0.4) is 0 Å². The van der Waals surface area contributed by atoms with Gasteiger partial charge in [0.2, 0.25) is 15.8 Å². The van der Waals surface area contributed by atoms with Crippen molar-refractivity contribution in [1.29, 1.82) is 0 Å². The molecule has 0 atom stereocenters. The molecule has 43 heavy (non-hydrogen) atoms. The molecule has 0 amide bonds. The molecule has 10 nitrogen and oxygen atoms in total. The zero-order valence-corrected chi connectivity index (χ0v) is 30.2. The number of aromatic nitrogens is 4. The van der Waals surface area contributed by atoms with Crippen LogP contribution in [0.4, 0.5) is 0 Å². The average molecular weight is 626 g/mol. The SMILES string of the molecule is CC(C)C(=O)OC(C)(C)C.CC(C)C(C)(C)C.CC(C)NS(=O)(=O)C1CC1.COc1ccc(-c2nnn(C(C)C)n2)cc1. The predicted molar refractivity (Wildman–Crippen MR) is 175 cm³/mol. The number of methoxy groups -OCH3 is 1. The van der Waals surface area contributed by atoms with Crippen molar-refractivity contribution in [2.45, 2.75) is 133 Å². The van der Waals surface area contributed by atoms with Crippen LogP contribution in [0.5, 0.6) is 5.75 Å². The number of benzene rings is 1. The van der Waals surface area contributed by atoms with Gasteiger partial charge in [-0.3, -0.25) is 4.79 Å². The third-order valence-corrected chi connectivity index (χ3v) is 8.36. The Hall–Kier alpha value is -2.53. The first-order valence-corrected chi connectivity index (χ1v) is 16.7. The number of rotatable bonds is 7. The van der Waals surface area contributed by atoms with Crippen molar-refractivity contribution in [3.8, 4) is 17.1 Å². The molecule has 0 aliphatic heterocycles. The fourth-order valence-electron chi connectivity index (χ4n) is 2.52. The molecule has 0 bridgehead atoms. The first kappa shape index (κ1) is 40.5. The summed E-state index contributed by atoms with van der Waals surface area (Å²) in [4.78, 5) is 12.5. The summed E-state index contributed by atoms with van der Waals surface area (Å²) >= 11 is 0. The molecular weight excluding hydrogens is 566 g/mol. The third-order valence-electron chi connectivity index (χ3n) is 6.21. The molecule has 1 heterocycles. The molecule has 0 radical (unpaired) electrons. The Morgan fingerprint density at radius 1 is 0.930 bits per heavy atom. The summed E-state index contributed by atoms with van der Waals surface area (Å²) in [5.41, 5.74) is 1.09. The summed E-state index contributed by atoms with van der Waals surface area (Å²) in [5.74, 6) is 2.09. The topological polar surface area (TPSA) is 125 Å². The number of carbonyl (C=O) groups excluding carboxylic acids is 1. The first-order chi connectivity index (χ1) is 19.5. The molecule has 1 aliphatic carbocycles. The van der Waals surface area contributed by atoms with Gasteiger partial charge in [-0.2, -0.15) is 4.80 Å². The second kappa shape index (κ2) is 17.7. The van der Waals surface area contributed by atoms with E-state index in [1.54, 1.807) is 11.9 Å². The van der Waals surface area contributed by atoms with Crippen molar-refractivity contribution in [2.24, 2.45) is 17.3 Å². The number of hydrogen-bond donors (Lipinski definition) is 1. The summed E-state index contributed by atoms with van der Waals surface area (Å²) in [6.07, 6.45) is 1.67. The Labute approximate surface area is 261 Å². The fraction of sp³-hybridized carbons (Fsp3) is 0.750. The monoisotopic (exact) mass is 625 g/mol. The van der Waals surface area contributed by atoms with Gasteiger partial charge >= 0.3 is 5.97 Å². The highest BCUT2D eigenvalue weighted by Gasteiger charge is 2.35. The van der Waals surface area contributed by atoms with Crippen LogP contribution in [0.2, 0.25) is 0 Å². The highest BCUT2D eigenvalue weighted by atomic mass is 32.2. The highest BCUT2D eigenvalue weighted by Crippen LogP contribution is 2.27. The minimum absolute atomic E-state index is 0.0285. The average Bonchev–Trinajstić information content (AvgIpc) is 3.61.